The second kappa shape index (κ2) is 14.6. The Hall–Kier alpha value is -1.71. The number of thiophene rings is 1. The minimum absolute atomic E-state index is 0.250. The van der Waals surface area contributed by atoms with Crippen LogP contribution in [0.15, 0.2) is 11.4 Å². The molecule has 3 heteroatoms. The summed E-state index contributed by atoms with van der Waals surface area (Å²) in [6.45, 7) is 4.81. The first-order valence-electron chi connectivity index (χ1n) is 9.48. The van der Waals surface area contributed by atoms with Crippen molar-refractivity contribution in [3.63, 3.8) is 0 Å². The molecule has 0 saturated carbocycles. The van der Waals surface area contributed by atoms with Crippen LogP contribution in [0.1, 0.15) is 93.3 Å². The van der Waals surface area contributed by atoms with Crippen LogP contribution in [-0.2, 0) is 4.74 Å². The smallest absolute Gasteiger partial charge is 0.348 e. The summed E-state index contributed by atoms with van der Waals surface area (Å²) in [4.78, 5) is 12.6. The van der Waals surface area contributed by atoms with Gasteiger partial charge in [-0.05, 0) is 25.3 Å². The third-order valence-corrected chi connectivity index (χ3v) is 4.56. The van der Waals surface area contributed by atoms with Gasteiger partial charge in [-0.1, -0.05) is 51.4 Å². The van der Waals surface area contributed by atoms with Gasteiger partial charge in [0.1, 0.15) is 4.88 Å². The zero-order valence-corrected chi connectivity index (χ0v) is 16.5. The highest BCUT2D eigenvalue weighted by Gasteiger charge is 2.09. The molecule has 136 valence electrons. The molecule has 0 aliphatic rings. The summed E-state index contributed by atoms with van der Waals surface area (Å²) < 4.78 is 5.30. The predicted octanol–water partition coefficient (Wildman–Crippen LogP) is 6.20. The van der Waals surface area contributed by atoms with Gasteiger partial charge in [-0.3, -0.25) is 0 Å². The van der Waals surface area contributed by atoms with Crippen molar-refractivity contribution in [2.45, 2.75) is 78.1 Å². The van der Waals surface area contributed by atoms with Crippen molar-refractivity contribution in [3.05, 3.63) is 21.9 Å². The molecule has 0 aliphatic carbocycles. The maximum absolute atomic E-state index is 12.0. The van der Waals surface area contributed by atoms with Gasteiger partial charge in [-0.25, -0.2) is 4.79 Å². The highest BCUT2D eigenvalue weighted by atomic mass is 32.1. The van der Waals surface area contributed by atoms with Crippen LogP contribution in [0.5, 0.6) is 0 Å². The Balaban J connectivity index is 2.20. The van der Waals surface area contributed by atoms with Crippen molar-refractivity contribution in [1.82, 2.24) is 0 Å². The van der Waals surface area contributed by atoms with Gasteiger partial charge in [0.2, 0.25) is 0 Å². The normalized spacial score (nSPS) is 9.68. The van der Waals surface area contributed by atoms with E-state index >= 15 is 0 Å². The summed E-state index contributed by atoms with van der Waals surface area (Å²) in [6.07, 6.45) is 10.7. The Morgan fingerprint density at radius 3 is 2.28 bits per heavy atom. The molecule has 0 fully saturated rings. The van der Waals surface area contributed by atoms with E-state index in [1.54, 1.807) is 0 Å². The Morgan fingerprint density at radius 1 is 0.960 bits per heavy atom. The van der Waals surface area contributed by atoms with Crippen LogP contribution in [0.3, 0.4) is 0 Å². The molecule has 0 N–H and O–H groups in total. The van der Waals surface area contributed by atoms with E-state index in [0.29, 0.717) is 11.5 Å². The first-order chi connectivity index (χ1) is 12.3. The Bertz CT molecular complexity index is 607. The minimum Gasteiger partial charge on any atom is -0.461 e. The second-order valence-electron chi connectivity index (χ2n) is 6.01. The number of carbonyl (C=O) groups excluding carboxylic acids is 1. The number of hydrogen-bond acceptors (Lipinski definition) is 3. The van der Waals surface area contributed by atoms with E-state index in [4.69, 9.17) is 4.74 Å². The van der Waals surface area contributed by atoms with Crippen molar-refractivity contribution in [2.75, 3.05) is 6.61 Å². The zero-order valence-electron chi connectivity index (χ0n) is 15.7. The summed E-state index contributed by atoms with van der Waals surface area (Å²) in [6, 6.07) is 1.83. The van der Waals surface area contributed by atoms with E-state index in [9.17, 15) is 4.79 Å². The quantitative estimate of drug-likeness (QED) is 0.283. The molecule has 0 amide bonds. The fourth-order valence-electron chi connectivity index (χ4n) is 2.17. The molecule has 0 unspecified atom stereocenters. The first kappa shape index (κ1) is 21.3. The van der Waals surface area contributed by atoms with Gasteiger partial charge < -0.3 is 4.74 Å². The third-order valence-electron chi connectivity index (χ3n) is 3.65. The largest absolute Gasteiger partial charge is 0.461 e. The second-order valence-corrected chi connectivity index (χ2v) is 6.92. The number of ether oxygens (including phenoxy) is 1. The van der Waals surface area contributed by atoms with E-state index in [1.807, 2.05) is 11.4 Å². The molecule has 2 nitrogen and oxygen atoms in total. The van der Waals surface area contributed by atoms with E-state index < -0.39 is 0 Å². The summed E-state index contributed by atoms with van der Waals surface area (Å²) in [5, 5.41) is 1.92. The van der Waals surface area contributed by atoms with Crippen LogP contribution in [0.25, 0.3) is 0 Å². The number of hydrogen-bond donors (Lipinski definition) is 0. The summed E-state index contributed by atoms with van der Waals surface area (Å²) in [5.41, 5.74) is 0.909. The van der Waals surface area contributed by atoms with Gasteiger partial charge in [0.05, 0.1) is 6.61 Å². The summed E-state index contributed by atoms with van der Waals surface area (Å²) in [7, 11) is 0. The standard InChI is InChI=1S/C22H30O2S/c1-3-5-7-9-10-11-13-15-17-24-22(23)21-18-20(19-25-21)16-14-12-8-6-4-2/h18-19H,3-9,12-13,15,17H2,1-2H3. The molecule has 0 atom stereocenters. The van der Waals surface area contributed by atoms with Crippen molar-refractivity contribution in [3.8, 4) is 23.7 Å². The lowest BCUT2D eigenvalue weighted by atomic mass is 10.2. The molecule has 1 aromatic heterocycles. The molecule has 1 aromatic rings. The van der Waals surface area contributed by atoms with Crippen molar-refractivity contribution < 1.29 is 9.53 Å². The fraction of sp³-hybridized carbons (Fsp3) is 0.591. The van der Waals surface area contributed by atoms with Crippen LogP contribution >= 0.6 is 11.3 Å². The topological polar surface area (TPSA) is 26.3 Å². The predicted molar refractivity (Wildman–Crippen MR) is 107 cm³/mol. The van der Waals surface area contributed by atoms with Crippen LogP contribution in [0.2, 0.25) is 0 Å². The number of rotatable bonds is 10. The lowest BCUT2D eigenvalue weighted by molar-refractivity contribution is 0.0507. The molecule has 25 heavy (non-hydrogen) atoms. The van der Waals surface area contributed by atoms with Crippen molar-refractivity contribution in [2.24, 2.45) is 0 Å². The van der Waals surface area contributed by atoms with Gasteiger partial charge >= 0.3 is 5.97 Å². The zero-order chi connectivity index (χ0) is 18.2. The average Bonchev–Trinajstić information content (AvgIpc) is 3.09. The molecular weight excluding hydrogens is 328 g/mol. The molecule has 0 bridgehead atoms. The minimum atomic E-state index is -0.250. The molecule has 0 aromatic carbocycles. The molecule has 0 radical (unpaired) electrons. The highest BCUT2D eigenvalue weighted by Crippen LogP contribution is 2.15. The monoisotopic (exact) mass is 358 g/mol. The Labute approximate surface area is 157 Å². The van der Waals surface area contributed by atoms with E-state index in [1.165, 1.54) is 43.4 Å². The highest BCUT2D eigenvalue weighted by molar-refractivity contribution is 7.12. The van der Waals surface area contributed by atoms with Gasteiger partial charge in [0.15, 0.2) is 0 Å². The number of esters is 1. The van der Waals surface area contributed by atoms with E-state index in [-0.39, 0.29) is 5.97 Å². The number of carbonyl (C=O) groups is 1. The van der Waals surface area contributed by atoms with Gasteiger partial charge in [-0.15, -0.1) is 23.2 Å². The van der Waals surface area contributed by atoms with Crippen LogP contribution in [0.4, 0.5) is 0 Å². The van der Waals surface area contributed by atoms with Crippen molar-refractivity contribution >= 4 is 17.3 Å². The van der Waals surface area contributed by atoms with Gasteiger partial charge in [-0.2, -0.15) is 0 Å². The van der Waals surface area contributed by atoms with Crippen molar-refractivity contribution in [1.29, 1.82) is 0 Å². The Kier molecular flexibility index (Phi) is 12.5. The fourth-order valence-corrected chi connectivity index (χ4v) is 2.90. The Morgan fingerprint density at radius 2 is 1.60 bits per heavy atom. The molecule has 0 saturated heterocycles. The third kappa shape index (κ3) is 10.7. The van der Waals surface area contributed by atoms with Gasteiger partial charge in [0.25, 0.3) is 0 Å². The maximum atomic E-state index is 12.0. The molecular formula is C22H30O2S. The van der Waals surface area contributed by atoms with E-state index in [0.717, 1.165) is 37.7 Å². The van der Waals surface area contributed by atoms with Crippen LogP contribution in [0, 0.1) is 23.7 Å². The first-order valence-corrected chi connectivity index (χ1v) is 10.4. The summed E-state index contributed by atoms with van der Waals surface area (Å²) >= 11 is 1.40. The molecule has 1 rings (SSSR count). The average molecular weight is 359 g/mol. The maximum Gasteiger partial charge on any atom is 0.348 e. The van der Waals surface area contributed by atoms with Crippen LogP contribution < -0.4 is 0 Å². The lowest BCUT2D eigenvalue weighted by Gasteiger charge is -2.00. The molecule has 0 aliphatic heterocycles. The summed E-state index contributed by atoms with van der Waals surface area (Å²) in [5.74, 6) is 12.3. The number of unbranched alkanes of at least 4 members (excludes halogenated alkanes) is 7. The van der Waals surface area contributed by atoms with Crippen LogP contribution in [-0.4, -0.2) is 12.6 Å². The van der Waals surface area contributed by atoms with E-state index in [2.05, 4.69) is 37.5 Å². The SMILES string of the molecule is CCCCCC#CCCCOC(=O)c1cc(C#CCCCCC)cs1. The lowest BCUT2D eigenvalue weighted by Crippen LogP contribution is -2.04. The van der Waals surface area contributed by atoms with Gasteiger partial charge in [0, 0.05) is 30.2 Å². The molecule has 1 heterocycles. The molecule has 0 spiro atoms.